The number of nitrogens with one attached hydrogen (secondary N) is 1. The van der Waals surface area contributed by atoms with Gasteiger partial charge in [-0.3, -0.25) is 14.9 Å². The van der Waals surface area contributed by atoms with Crippen LogP contribution in [0.5, 0.6) is 0 Å². The Morgan fingerprint density at radius 2 is 1.93 bits per heavy atom. The van der Waals surface area contributed by atoms with Crippen LogP contribution in [0.25, 0.3) is 0 Å². The number of hydrogen-bond donors (Lipinski definition) is 1. The number of carbonyl (C=O) groups excluding carboxylic acids is 2. The van der Waals surface area contributed by atoms with E-state index in [0.717, 1.165) is 0 Å². The molecule has 2 amide bonds. The van der Waals surface area contributed by atoms with Gasteiger partial charge < -0.3 is 14.2 Å². The van der Waals surface area contributed by atoms with Gasteiger partial charge in [-0.25, -0.2) is 9.97 Å². The predicted molar refractivity (Wildman–Crippen MR) is 98.9 cm³/mol. The van der Waals surface area contributed by atoms with Crippen LogP contribution in [-0.2, 0) is 0 Å². The third-order valence-electron chi connectivity index (χ3n) is 4.13. The molecule has 27 heavy (non-hydrogen) atoms. The molecule has 0 radical (unpaired) electrons. The minimum atomic E-state index is -0.325. The van der Waals surface area contributed by atoms with Crippen molar-refractivity contribution in [2.24, 2.45) is 0 Å². The lowest BCUT2D eigenvalue weighted by Crippen LogP contribution is -2.49. The second-order valence-corrected chi connectivity index (χ2v) is 6.61. The van der Waals surface area contributed by atoms with Crippen LogP contribution in [0, 0.1) is 0 Å². The van der Waals surface area contributed by atoms with E-state index >= 15 is 0 Å². The Kier molecular flexibility index (Phi) is 4.79. The summed E-state index contributed by atoms with van der Waals surface area (Å²) in [6.45, 7) is 2.33. The summed E-state index contributed by atoms with van der Waals surface area (Å²) in [7, 11) is 0. The van der Waals surface area contributed by atoms with Gasteiger partial charge in [0, 0.05) is 44.0 Å². The molecule has 3 aromatic rings. The minimum Gasteiger partial charge on any atom is -0.431 e. The lowest BCUT2D eigenvalue weighted by atomic mass is 10.3. The zero-order valence-corrected chi connectivity index (χ0v) is 15.1. The van der Waals surface area contributed by atoms with E-state index in [4.69, 9.17) is 4.42 Å². The van der Waals surface area contributed by atoms with E-state index in [1.807, 2.05) is 4.90 Å². The van der Waals surface area contributed by atoms with Crippen molar-refractivity contribution in [2.45, 2.75) is 0 Å². The molecule has 0 unspecified atom stereocenters. The summed E-state index contributed by atoms with van der Waals surface area (Å²) in [5, 5.41) is 6.07. The normalized spacial score (nSPS) is 14.2. The standard InChI is InChI=1S/C17H16N6O3S/c24-14(12-2-9-27-11-12)21-17-20-13(10-26-17)15(25)22-5-7-23(8-6-22)16-18-3-1-4-19-16/h1-4,9-11H,5-8H2,(H,20,21,24). The molecule has 1 N–H and O–H groups in total. The van der Waals surface area contributed by atoms with E-state index in [1.165, 1.54) is 17.6 Å². The number of anilines is 2. The van der Waals surface area contributed by atoms with Gasteiger partial charge >= 0.3 is 6.01 Å². The molecule has 0 aliphatic carbocycles. The lowest BCUT2D eigenvalue weighted by Gasteiger charge is -2.34. The van der Waals surface area contributed by atoms with Gasteiger partial charge in [0.25, 0.3) is 11.8 Å². The Bertz CT molecular complexity index is 919. The van der Waals surface area contributed by atoms with E-state index in [2.05, 4.69) is 20.3 Å². The highest BCUT2D eigenvalue weighted by Crippen LogP contribution is 2.15. The molecule has 0 atom stereocenters. The maximum Gasteiger partial charge on any atom is 0.302 e. The fourth-order valence-corrected chi connectivity index (χ4v) is 3.35. The summed E-state index contributed by atoms with van der Waals surface area (Å²) in [4.78, 5) is 40.9. The maximum absolute atomic E-state index is 12.6. The summed E-state index contributed by atoms with van der Waals surface area (Å²) in [6, 6.07) is 3.47. The molecule has 4 heterocycles. The van der Waals surface area contributed by atoms with Gasteiger partial charge in [0.15, 0.2) is 5.69 Å². The number of carbonyl (C=O) groups is 2. The van der Waals surface area contributed by atoms with Crippen molar-refractivity contribution in [1.29, 1.82) is 0 Å². The van der Waals surface area contributed by atoms with Crippen LogP contribution >= 0.6 is 11.3 Å². The van der Waals surface area contributed by atoms with Crippen LogP contribution in [-0.4, -0.2) is 57.8 Å². The van der Waals surface area contributed by atoms with Crippen LogP contribution in [0.3, 0.4) is 0 Å². The number of rotatable bonds is 4. The maximum atomic E-state index is 12.6. The second kappa shape index (κ2) is 7.54. The van der Waals surface area contributed by atoms with E-state index in [0.29, 0.717) is 37.7 Å². The fourth-order valence-electron chi connectivity index (χ4n) is 2.72. The molecule has 9 nitrogen and oxygen atoms in total. The number of thiophene rings is 1. The van der Waals surface area contributed by atoms with E-state index < -0.39 is 0 Å². The van der Waals surface area contributed by atoms with Gasteiger partial charge in [-0.15, -0.1) is 0 Å². The highest BCUT2D eigenvalue weighted by atomic mass is 32.1. The first-order valence-electron chi connectivity index (χ1n) is 8.31. The summed E-state index contributed by atoms with van der Waals surface area (Å²) in [6.07, 6.45) is 4.65. The van der Waals surface area contributed by atoms with Gasteiger partial charge in [-0.2, -0.15) is 16.3 Å². The Morgan fingerprint density at radius 3 is 2.63 bits per heavy atom. The second-order valence-electron chi connectivity index (χ2n) is 5.83. The average molecular weight is 384 g/mol. The Balaban J connectivity index is 1.35. The van der Waals surface area contributed by atoms with Gasteiger partial charge in [-0.1, -0.05) is 0 Å². The zero-order valence-electron chi connectivity index (χ0n) is 14.2. The molecule has 10 heteroatoms. The molecule has 3 aromatic heterocycles. The first kappa shape index (κ1) is 17.2. The highest BCUT2D eigenvalue weighted by molar-refractivity contribution is 7.08. The number of piperazine rings is 1. The number of nitrogens with zero attached hydrogens (tertiary/aromatic N) is 5. The summed E-state index contributed by atoms with van der Waals surface area (Å²) < 4.78 is 5.22. The van der Waals surface area contributed by atoms with Crippen LogP contribution in [0.4, 0.5) is 12.0 Å². The van der Waals surface area contributed by atoms with E-state index in [-0.39, 0.29) is 23.5 Å². The Hall–Kier alpha value is -3.27. The van der Waals surface area contributed by atoms with Crippen LogP contribution in [0.2, 0.25) is 0 Å². The van der Waals surface area contributed by atoms with Crippen molar-refractivity contribution in [3.8, 4) is 0 Å². The third-order valence-corrected chi connectivity index (χ3v) is 4.81. The largest absolute Gasteiger partial charge is 0.431 e. The number of hydrogen-bond acceptors (Lipinski definition) is 8. The van der Waals surface area contributed by atoms with Crippen LogP contribution in [0.15, 0.2) is 46.0 Å². The quantitative estimate of drug-likeness (QED) is 0.730. The molecule has 0 aromatic carbocycles. The first-order chi connectivity index (χ1) is 13.2. The van der Waals surface area contributed by atoms with E-state index in [1.54, 1.807) is 40.2 Å². The van der Waals surface area contributed by atoms with Gasteiger partial charge in [0.2, 0.25) is 5.95 Å². The van der Waals surface area contributed by atoms with Crippen LogP contribution < -0.4 is 10.2 Å². The monoisotopic (exact) mass is 384 g/mol. The molecular weight excluding hydrogens is 368 g/mol. The molecule has 0 bridgehead atoms. The average Bonchev–Trinajstić information content (AvgIpc) is 3.40. The molecule has 1 saturated heterocycles. The molecule has 0 spiro atoms. The molecule has 1 aliphatic rings. The topological polar surface area (TPSA) is 104 Å². The van der Waals surface area contributed by atoms with Crippen molar-refractivity contribution in [2.75, 3.05) is 36.4 Å². The summed E-state index contributed by atoms with van der Waals surface area (Å²) in [5.41, 5.74) is 0.686. The van der Waals surface area contributed by atoms with Crippen molar-refractivity contribution < 1.29 is 14.0 Å². The zero-order chi connectivity index (χ0) is 18.6. The molecule has 4 rings (SSSR count). The minimum absolute atomic E-state index is 0.00544. The van der Waals surface area contributed by atoms with Gasteiger partial charge in [-0.05, 0) is 17.5 Å². The molecule has 1 fully saturated rings. The molecular formula is C17H16N6O3S. The Morgan fingerprint density at radius 1 is 1.15 bits per heavy atom. The molecule has 0 saturated carbocycles. The summed E-state index contributed by atoms with van der Waals surface area (Å²) in [5.74, 6) is 0.0986. The SMILES string of the molecule is O=C(Nc1nc(C(=O)N2CCN(c3ncccn3)CC2)co1)c1ccsc1. The van der Waals surface area contributed by atoms with Crippen molar-refractivity contribution in [3.05, 3.63) is 52.8 Å². The fraction of sp³-hybridized carbons (Fsp3) is 0.235. The predicted octanol–water partition coefficient (Wildman–Crippen LogP) is 1.74. The highest BCUT2D eigenvalue weighted by Gasteiger charge is 2.25. The van der Waals surface area contributed by atoms with E-state index in [9.17, 15) is 9.59 Å². The summed E-state index contributed by atoms with van der Waals surface area (Å²) >= 11 is 1.42. The van der Waals surface area contributed by atoms with Crippen molar-refractivity contribution >= 4 is 35.1 Å². The van der Waals surface area contributed by atoms with Crippen molar-refractivity contribution in [1.82, 2.24) is 19.9 Å². The van der Waals surface area contributed by atoms with Gasteiger partial charge in [0.1, 0.15) is 6.26 Å². The third kappa shape index (κ3) is 3.80. The van der Waals surface area contributed by atoms with Gasteiger partial charge in [0.05, 0.1) is 5.56 Å². The lowest BCUT2D eigenvalue weighted by molar-refractivity contribution is 0.0740. The van der Waals surface area contributed by atoms with Crippen LogP contribution in [0.1, 0.15) is 20.8 Å². The number of amides is 2. The Labute approximate surface area is 158 Å². The number of aromatic nitrogens is 3. The molecule has 1 aliphatic heterocycles. The molecule has 138 valence electrons. The number of oxazole rings is 1. The first-order valence-corrected chi connectivity index (χ1v) is 9.25. The smallest absolute Gasteiger partial charge is 0.302 e. The van der Waals surface area contributed by atoms with Crippen molar-refractivity contribution in [3.63, 3.8) is 0 Å².